The molecule has 1 saturated carbocycles. The third-order valence-electron chi connectivity index (χ3n) is 8.04. The number of nitrogens with zero attached hydrogens (tertiary/aromatic N) is 2. The molecule has 5 N–H and O–H groups in total. The Morgan fingerprint density at radius 1 is 0.955 bits per heavy atom. The normalized spacial score (nSPS) is 21.2. The maximum Gasteiger partial charge on any atom is 0.336 e. The van der Waals surface area contributed by atoms with Gasteiger partial charge in [0.1, 0.15) is 23.8 Å². The highest BCUT2D eigenvalue weighted by atomic mass is 19.1. The van der Waals surface area contributed by atoms with E-state index < -0.39 is 42.0 Å². The zero-order chi connectivity index (χ0) is 31.9. The monoisotopic (exact) mass is 610 g/mol. The van der Waals surface area contributed by atoms with Crippen LogP contribution in [0.1, 0.15) is 42.5 Å². The average Bonchev–Trinajstić information content (AvgIpc) is 3.52. The third-order valence-corrected chi connectivity index (χ3v) is 8.04. The van der Waals surface area contributed by atoms with Gasteiger partial charge in [-0.25, -0.2) is 9.18 Å². The first-order chi connectivity index (χ1) is 20.9. The number of ether oxygens (including phenoxy) is 1. The Balaban J connectivity index is 0.000000289. The summed E-state index contributed by atoms with van der Waals surface area (Å²) < 4.78 is 19.1. The molecule has 2 fully saturated rings. The fraction of sp³-hybridized carbons (Fsp3) is 0.375. The molecule has 234 valence electrons. The fourth-order valence-corrected chi connectivity index (χ4v) is 5.91. The Kier molecular flexibility index (Phi) is 10.3. The molecular formula is C32H35FN2O9. The average molecular weight is 611 g/mol. The zero-order valence-electron chi connectivity index (χ0n) is 23.9. The highest BCUT2D eigenvalue weighted by Gasteiger charge is 2.53. The van der Waals surface area contributed by atoms with Gasteiger partial charge in [-0.3, -0.25) is 19.5 Å². The number of rotatable bonds is 11. The van der Waals surface area contributed by atoms with E-state index in [4.69, 9.17) is 25.2 Å². The summed E-state index contributed by atoms with van der Waals surface area (Å²) >= 11 is 0. The number of pyridine rings is 1. The molecule has 0 unspecified atom stereocenters. The summed E-state index contributed by atoms with van der Waals surface area (Å²) in [6.45, 7) is 3.10. The summed E-state index contributed by atoms with van der Waals surface area (Å²) in [6, 6.07) is 20.4. The summed E-state index contributed by atoms with van der Waals surface area (Å²) in [5.74, 6) is -3.75. The lowest BCUT2D eigenvalue weighted by atomic mass is 9.85. The number of benzene rings is 2. The number of hydrogen-bond donors (Lipinski definition) is 5. The molecule has 5 rings (SSSR count). The van der Waals surface area contributed by atoms with E-state index in [2.05, 4.69) is 22.0 Å². The van der Waals surface area contributed by atoms with Crippen LogP contribution in [0.15, 0.2) is 72.9 Å². The van der Waals surface area contributed by atoms with Crippen LogP contribution in [0, 0.1) is 17.7 Å². The number of carboxylic acids is 3. The summed E-state index contributed by atoms with van der Waals surface area (Å²) in [4.78, 5) is 37.4. The number of hydrogen-bond acceptors (Lipinski definition) is 8. The molecule has 2 aliphatic rings. The smallest absolute Gasteiger partial charge is 0.336 e. The number of carboxylic acid groups (broad SMARTS) is 3. The van der Waals surface area contributed by atoms with Gasteiger partial charge in [0.2, 0.25) is 0 Å². The van der Waals surface area contributed by atoms with Crippen molar-refractivity contribution in [1.29, 1.82) is 0 Å². The molecule has 2 aromatic carbocycles. The van der Waals surface area contributed by atoms with Crippen LogP contribution in [0.25, 0.3) is 0 Å². The van der Waals surface area contributed by atoms with Gasteiger partial charge in [0.25, 0.3) is 0 Å². The molecule has 1 aliphatic carbocycles. The molecule has 1 aliphatic heterocycles. The largest absolute Gasteiger partial charge is 0.489 e. The summed E-state index contributed by atoms with van der Waals surface area (Å²) in [7, 11) is 0. The highest BCUT2D eigenvalue weighted by molar-refractivity contribution is 5.88. The van der Waals surface area contributed by atoms with Crippen molar-refractivity contribution in [3.8, 4) is 5.75 Å². The Hall–Kier alpha value is -4.39. The van der Waals surface area contributed by atoms with Gasteiger partial charge in [0.15, 0.2) is 5.60 Å². The molecule has 0 radical (unpaired) electrons. The summed E-state index contributed by atoms with van der Waals surface area (Å²) in [5.41, 5.74) is -0.705. The first-order valence-electron chi connectivity index (χ1n) is 14.1. The van der Waals surface area contributed by atoms with E-state index in [1.807, 2.05) is 36.4 Å². The standard InChI is InChI=1S/C26H27FN2O2.C6H8O7/c27-22-5-3-4-20(14-22)18-31-23-9-7-19(8-10-23)15-29-16-21-11-12-26(30,24(21)17-29)25-6-1-2-13-28-25;7-3(8)1-6(13,5(11)12)2-4(9)10/h1-10,13-14,21,24,30H,11-12,15-18H2;13H,1-2H2,(H,7,8)(H,9,10)(H,11,12)/t21-,24+,26-;/m0./s1. The maximum absolute atomic E-state index is 13.3. The second-order valence-corrected chi connectivity index (χ2v) is 11.3. The molecular weight excluding hydrogens is 575 g/mol. The van der Waals surface area contributed by atoms with Crippen LogP contribution in [0.3, 0.4) is 0 Å². The van der Waals surface area contributed by atoms with Crippen LogP contribution < -0.4 is 4.74 Å². The Bertz CT molecular complexity index is 1440. The van der Waals surface area contributed by atoms with Crippen LogP contribution in [-0.2, 0) is 33.1 Å². The highest BCUT2D eigenvalue weighted by Crippen LogP contribution is 2.50. The van der Waals surface area contributed by atoms with Gasteiger partial charge < -0.3 is 30.3 Å². The second kappa shape index (κ2) is 13.9. The lowest BCUT2D eigenvalue weighted by Crippen LogP contribution is -2.42. The van der Waals surface area contributed by atoms with Crippen LogP contribution in [0.2, 0.25) is 0 Å². The lowest BCUT2D eigenvalue weighted by Gasteiger charge is -2.29. The number of likely N-dealkylation sites (tertiary alicyclic amines) is 1. The molecule has 11 nitrogen and oxygen atoms in total. The molecule has 12 heteroatoms. The van der Waals surface area contributed by atoms with Crippen molar-refractivity contribution in [2.24, 2.45) is 11.8 Å². The first kappa shape index (κ1) is 32.5. The predicted octanol–water partition coefficient (Wildman–Crippen LogP) is 3.28. The number of halogens is 1. The van der Waals surface area contributed by atoms with Gasteiger partial charge in [-0.15, -0.1) is 0 Å². The van der Waals surface area contributed by atoms with Gasteiger partial charge in [-0.1, -0.05) is 30.3 Å². The van der Waals surface area contributed by atoms with E-state index in [1.165, 1.54) is 17.7 Å². The molecule has 44 heavy (non-hydrogen) atoms. The lowest BCUT2D eigenvalue weighted by molar-refractivity contribution is -0.170. The predicted molar refractivity (Wildman–Crippen MR) is 154 cm³/mol. The van der Waals surface area contributed by atoms with Crippen LogP contribution in [0.5, 0.6) is 5.75 Å². The Labute approximate surface area is 253 Å². The van der Waals surface area contributed by atoms with E-state index in [9.17, 15) is 23.9 Å². The second-order valence-electron chi connectivity index (χ2n) is 11.3. The van der Waals surface area contributed by atoms with E-state index >= 15 is 0 Å². The maximum atomic E-state index is 13.3. The topological polar surface area (TPSA) is 178 Å². The fourth-order valence-electron chi connectivity index (χ4n) is 5.91. The number of aromatic nitrogens is 1. The van der Waals surface area contributed by atoms with E-state index in [1.54, 1.807) is 12.3 Å². The van der Waals surface area contributed by atoms with Crippen molar-refractivity contribution in [2.75, 3.05) is 13.1 Å². The minimum atomic E-state index is -2.74. The molecule has 0 bridgehead atoms. The third kappa shape index (κ3) is 8.16. The van der Waals surface area contributed by atoms with Crippen molar-refractivity contribution in [2.45, 2.75) is 50.0 Å². The number of aliphatic hydroxyl groups is 2. The molecule has 3 atom stereocenters. The van der Waals surface area contributed by atoms with Crippen molar-refractivity contribution in [3.05, 3.63) is 95.6 Å². The molecule has 0 spiro atoms. The number of aliphatic carboxylic acids is 3. The first-order valence-corrected chi connectivity index (χ1v) is 14.1. The van der Waals surface area contributed by atoms with Gasteiger partial charge in [0.05, 0.1) is 18.5 Å². The Morgan fingerprint density at radius 2 is 1.66 bits per heavy atom. The van der Waals surface area contributed by atoms with E-state index in [0.717, 1.165) is 49.5 Å². The number of fused-ring (bicyclic) bond motifs is 1. The van der Waals surface area contributed by atoms with Gasteiger partial charge in [0, 0.05) is 31.7 Å². The minimum Gasteiger partial charge on any atom is -0.489 e. The van der Waals surface area contributed by atoms with Crippen molar-refractivity contribution < 1.29 is 49.0 Å². The summed E-state index contributed by atoms with van der Waals surface area (Å²) in [6.07, 6.45) is 1.32. The molecule has 3 aromatic rings. The van der Waals surface area contributed by atoms with E-state index in [0.29, 0.717) is 12.5 Å². The molecule has 2 heterocycles. The molecule has 1 aromatic heterocycles. The van der Waals surface area contributed by atoms with Gasteiger partial charge >= 0.3 is 17.9 Å². The molecule has 0 amide bonds. The number of carbonyl (C=O) groups is 3. The van der Waals surface area contributed by atoms with Crippen LogP contribution in [0.4, 0.5) is 4.39 Å². The zero-order valence-corrected chi connectivity index (χ0v) is 23.9. The van der Waals surface area contributed by atoms with Crippen molar-refractivity contribution in [1.82, 2.24) is 9.88 Å². The van der Waals surface area contributed by atoms with Crippen LogP contribution in [-0.4, -0.2) is 72.0 Å². The van der Waals surface area contributed by atoms with E-state index in [-0.39, 0.29) is 11.7 Å². The van der Waals surface area contributed by atoms with Gasteiger partial charge in [-0.2, -0.15) is 0 Å². The molecule has 1 saturated heterocycles. The van der Waals surface area contributed by atoms with Crippen molar-refractivity contribution >= 4 is 17.9 Å². The minimum absolute atomic E-state index is 0.233. The SMILES string of the molecule is O=C(O)CC(O)(CC(=O)O)C(=O)O.O[C@@]1(c2ccccn2)CC[C@H]2CN(Cc3ccc(OCc4cccc(F)c4)cc3)C[C@H]21. The Morgan fingerprint density at radius 3 is 2.25 bits per heavy atom. The summed E-state index contributed by atoms with van der Waals surface area (Å²) in [5, 5.41) is 45.2. The van der Waals surface area contributed by atoms with Gasteiger partial charge in [-0.05, 0) is 66.3 Å². The van der Waals surface area contributed by atoms with Crippen LogP contribution >= 0.6 is 0 Å². The van der Waals surface area contributed by atoms with Crippen molar-refractivity contribution in [3.63, 3.8) is 0 Å². The quantitative estimate of drug-likeness (QED) is 0.215.